The fourth-order valence-electron chi connectivity index (χ4n) is 2.29. The quantitative estimate of drug-likeness (QED) is 0.590. The van der Waals surface area contributed by atoms with Gasteiger partial charge in [0.05, 0.1) is 12.8 Å². The molecule has 2 amide bonds. The predicted octanol–water partition coefficient (Wildman–Crippen LogP) is 1.82. The summed E-state index contributed by atoms with van der Waals surface area (Å²) in [5.74, 6) is -1.08. The Morgan fingerprint density at radius 3 is 2.65 bits per heavy atom. The van der Waals surface area contributed by atoms with E-state index in [1.807, 2.05) is 0 Å². The minimum Gasteiger partial charge on any atom is -0.457 e. The molecule has 1 heterocycles. The molecule has 140 valence electrons. The van der Waals surface area contributed by atoms with E-state index in [1.54, 1.807) is 39.0 Å². The lowest BCUT2D eigenvalue weighted by atomic mass is 10.1. The summed E-state index contributed by atoms with van der Waals surface area (Å²) in [6.07, 6.45) is -0.468. The van der Waals surface area contributed by atoms with E-state index in [4.69, 9.17) is 9.47 Å². The van der Waals surface area contributed by atoms with E-state index in [9.17, 15) is 19.2 Å². The number of carbonyl (C=O) groups is 4. The molecule has 0 fully saturated rings. The van der Waals surface area contributed by atoms with Gasteiger partial charge in [-0.05, 0) is 44.5 Å². The highest BCUT2D eigenvalue weighted by atomic mass is 16.6. The molecule has 26 heavy (non-hydrogen) atoms. The number of rotatable bonds is 6. The Labute approximate surface area is 151 Å². The second-order valence-corrected chi connectivity index (χ2v) is 6.86. The van der Waals surface area contributed by atoms with Crippen LogP contribution in [0.15, 0.2) is 18.2 Å². The number of benzene rings is 1. The molecule has 0 atom stereocenters. The number of ether oxygens (including phenoxy) is 2. The van der Waals surface area contributed by atoms with Crippen LogP contribution in [0.25, 0.3) is 0 Å². The third-order valence-electron chi connectivity index (χ3n) is 3.41. The van der Waals surface area contributed by atoms with Gasteiger partial charge >= 0.3 is 12.1 Å². The molecule has 2 rings (SSSR count). The van der Waals surface area contributed by atoms with E-state index >= 15 is 0 Å². The zero-order valence-electron chi connectivity index (χ0n) is 15.0. The second-order valence-electron chi connectivity index (χ2n) is 6.86. The van der Waals surface area contributed by atoms with Gasteiger partial charge in [-0.2, -0.15) is 0 Å². The molecule has 0 bridgehead atoms. The molecule has 1 aliphatic rings. The molecule has 8 heteroatoms. The number of ketones is 1. The number of hydrogen-bond donors (Lipinski definition) is 2. The molecule has 1 aliphatic heterocycles. The van der Waals surface area contributed by atoms with Crippen molar-refractivity contribution in [3.8, 4) is 0 Å². The van der Waals surface area contributed by atoms with E-state index in [1.165, 1.54) is 0 Å². The number of nitrogens with one attached hydrogen (secondary N) is 2. The Bertz CT molecular complexity index is 736. The first-order valence-corrected chi connectivity index (χ1v) is 8.22. The molecule has 0 spiro atoms. The van der Waals surface area contributed by atoms with Crippen LogP contribution in [-0.2, 0) is 25.5 Å². The van der Waals surface area contributed by atoms with Crippen LogP contribution in [-0.4, -0.2) is 42.5 Å². The molecule has 0 radical (unpaired) electrons. The van der Waals surface area contributed by atoms with Crippen molar-refractivity contribution in [1.29, 1.82) is 0 Å². The van der Waals surface area contributed by atoms with Crippen LogP contribution in [0.4, 0.5) is 10.5 Å². The summed E-state index contributed by atoms with van der Waals surface area (Å²) in [6.45, 7) is 4.85. The highest BCUT2D eigenvalue weighted by Crippen LogP contribution is 2.24. The summed E-state index contributed by atoms with van der Waals surface area (Å²) in [5.41, 5.74) is 1.19. The first-order valence-electron chi connectivity index (χ1n) is 8.22. The molecule has 2 N–H and O–H groups in total. The smallest absolute Gasteiger partial charge is 0.407 e. The van der Waals surface area contributed by atoms with Gasteiger partial charge in [0.2, 0.25) is 5.91 Å². The van der Waals surface area contributed by atoms with Gasteiger partial charge in [-0.15, -0.1) is 0 Å². The molecule has 0 aliphatic carbocycles. The van der Waals surface area contributed by atoms with Gasteiger partial charge in [0.15, 0.2) is 12.4 Å². The maximum Gasteiger partial charge on any atom is 0.407 e. The topological polar surface area (TPSA) is 111 Å². The van der Waals surface area contributed by atoms with Crippen molar-refractivity contribution < 1.29 is 28.7 Å². The normalized spacial score (nSPS) is 12.8. The van der Waals surface area contributed by atoms with Crippen molar-refractivity contribution >= 4 is 29.4 Å². The SMILES string of the molecule is CC(C)(C)OC(=O)NCCC(=O)OCC(=O)c1ccc2c(c1)CC(=O)N2. The Morgan fingerprint density at radius 1 is 1.23 bits per heavy atom. The third-order valence-corrected chi connectivity index (χ3v) is 3.41. The average Bonchev–Trinajstić information content (AvgIpc) is 2.89. The maximum atomic E-state index is 12.1. The third kappa shape index (κ3) is 5.87. The van der Waals surface area contributed by atoms with Crippen molar-refractivity contribution in [3.05, 3.63) is 29.3 Å². The van der Waals surface area contributed by atoms with Gasteiger partial charge in [0.25, 0.3) is 0 Å². The Balaban J connectivity index is 1.72. The highest BCUT2D eigenvalue weighted by molar-refractivity contribution is 6.02. The number of carbonyl (C=O) groups excluding carboxylic acids is 4. The van der Waals surface area contributed by atoms with Gasteiger partial charge < -0.3 is 20.1 Å². The molecule has 1 aromatic carbocycles. The van der Waals surface area contributed by atoms with Crippen LogP contribution < -0.4 is 10.6 Å². The number of alkyl carbamates (subject to hydrolysis) is 1. The monoisotopic (exact) mass is 362 g/mol. The summed E-state index contributed by atoms with van der Waals surface area (Å²) in [6, 6.07) is 4.85. The van der Waals surface area contributed by atoms with Crippen LogP contribution >= 0.6 is 0 Å². The largest absolute Gasteiger partial charge is 0.457 e. The van der Waals surface area contributed by atoms with Crippen molar-refractivity contribution in [2.75, 3.05) is 18.5 Å². The molecular weight excluding hydrogens is 340 g/mol. The van der Waals surface area contributed by atoms with Gasteiger partial charge in [-0.1, -0.05) is 0 Å². The van der Waals surface area contributed by atoms with Crippen molar-refractivity contribution in [1.82, 2.24) is 5.32 Å². The van der Waals surface area contributed by atoms with Gasteiger partial charge in [0.1, 0.15) is 5.60 Å². The van der Waals surface area contributed by atoms with E-state index in [-0.39, 0.29) is 31.1 Å². The number of hydrogen-bond acceptors (Lipinski definition) is 6. The van der Waals surface area contributed by atoms with E-state index in [0.717, 1.165) is 5.56 Å². The Kier molecular flexibility index (Phi) is 5.97. The van der Waals surface area contributed by atoms with E-state index in [2.05, 4.69) is 10.6 Å². The Hall–Kier alpha value is -2.90. The summed E-state index contributed by atoms with van der Waals surface area (Å²) in [7, 11) is 0. The van der Waals surface area contributed by atoms with E-state index < -0.39 is 24.3 Å². The van der Waals surface area contributed by atoms with Crippen LogP contribution in [0.1, 0.15) is 43.1 Å². The zero-order valence-corrected chi connectivity index (χ0v) is 15.0. The molecule has 0 aromatic heterocycles. The summed E-state index contributed by atoms with van der Waals surface area (Å²) in [5, 5.41) is 5.12. The molecular formula is C18H22N2O6. The maximum absolute atomic E-state index is 12.1. The summed E-state index contributed by atoms with van der Waals surface area (Å²) in [4.78, 5) is 46.5. The number of esters is 1. The van der Waals surface area contributed by atoms with Crippen molar-refractivity contribution in [2.45, 2.75) is 39.2 Å². The molecule has 0 unspecified atom stereocenters. The number of anilines is 1. The van der Waals surface area contributed by atoms with Gasteiger partial charge in [-0.3, -0.25) is 14.4 Å². The number of fused-ring (bicyclic) bond motifs is 1. The van der Waals surface area contributed by atoms with Gasteiger partial charge in [0, 0.05) is 17.8 Å². The Morgan fingerprint density at radius 2 is 1.96 bits per heavy atom. The molecule has 0 saturated carbocycles. The predicted molar refractivity (Wildman–Crippen MR) is 92.9 cm³/mol. The van der Waals surface area contributed by atoms with Crippen molar-refractivity contribution in [2.24, 2.45) is 0 Å². The minimum absolute atomic E-state index is 0.0502. The van der Waals surface area contributed by atoms with E-state index in [0.29, 0.717) is 11.3 Å². The van der Waals surface area contributed by atoms with Crippen LogP contribution in [0.3, 0.4) is 0 Å². The fourth-order valence-corrected chi connectivity index (χ4v) is 2.29. The fraction of sp³-hybridized carbons (Fsp3) is 0.444. The standard InChI is InChI=1S/C18H22N2O6/c1-18(2,3)26-17(24)19-7-6-16(23)25-10-14(21)11-4-5-13-12(8-11)9-15(22)20-13/h4-5,8H,6-7,9-10H2,1-3H3,(H,19,24)(H,20,22). The summed E-state index contributed by atoms with van der Waals surface area (Å²) < 4.78 is 9.95. The lowest BCUT2D eigenvalue weighted by Crippen LogP contribution is -2.33. The summed E-state index contributed by atoms with van der Waals surface area (Å²) >= 11 is 0. The van der Waals surface area contributed by atoms with Crippen LogP contribution in [0.2, 0.25) is 0 Å². The lowest BCUT2D eigenvalue weighted by molar-refractivity contribution is -0.142. The highest BCUT2D eigenvalue weighted by Gasteiger charge is 2.20. The van der Waals surface area contributed by atoms with Crippen molar-refractivity contribution in [3.63, 3.8) is 0 Å². The number of amides is 2. The molecule has 1 aromatic rings. The van der Waals surface area contributed by atoms with Crippen LogP contribution in [0.5, 0.6) is 0 Å². The molecule has 0 saturated heterocycles. The second kappa shape index (κ2) is 7.99. The lowest BCUT2D eigenvalue weighted by Gasteiger charge is -2.19. The first kappa shape index (κ1) is 19.4. The van der Waals surface area contributed by atoms with Crippen LogP contribution in [0, 0.1) is 0 Å². The first-order chi connectivity index (χ1) is 12.1. The average molecular weight is 362 g/mol. The molecule has 8 nitrogen and oxygen atoms in total. The number of Topliss-reactive ketones (excluding diaryl/α,β-unsaturated/α-hetero) is 1. The minimum atomic E-state index is -0.623. The van der Waals surface area contributed by atoms with Gasteiger partial charge in [-0.25, -0.2) is 4.79 Å². The zero-order chi connectivity index (χ0) is 19.3.